The fourth-order valence-corrected chi connectivity index (χ4v) is 5.17. The number of hydrogen-bond donors (Lipinski definition) is 3. The lowest BCUT2D eigenvalue weighted by Gasteiger charge is -2.27. The van der Waals surface area contributed by atoms with Gasteiger partial charge in [0.2, 0.25) is 0 Å². The molecule has 2 aliphatic heterocycles. The summed E-state index contributed by atoms with van der Waals surface area (Å²) in [7, 11) is 2.07. The van der Waals surface area contributed by atoms with Crippen molar-refractivity contribution < 1.29 is 0 Å². The maximum absolute atomic E-state index is 6.12. The van der Waals surface area contributed by atoms with Crippen LogP contribution >= 0.6 is 11.6 Å². The number of hydrogen-bond acceptors (Lipinski definition) is 5. The molecule has 7 heteroatoms. The third kappa shape index (κ3) is 3.43. The van der Waals surface area contributed by atoms with Gasteiger partial charge in [0.15, 0.2) is 0 Å². The summed E-state index contributed by atoms with van der Waals surface area (Å²) in [6.45, 7) is 3.04. The maximum atomic E-state index is 6.12. The van der Waals surface area contributed by atoms with Crippen LogP contribution in [0.15, 0.2) is 72.7 Å². The van der Waals surface area contributed by atoms with Crippen LogP contribution in [0, 0.1) is 0 Å². The van der Waals surface area contributed by atoms with E-state index in [-0.39, 0.29) is 6.04 Å². The van der Waals surface area contributed by atoms with E-state index in [9.17, 15) is 0 Å². The minimum Gasteiger partial charge on any atom is -0.378 e. The van der Waals surface area contributed by atoms with Crippen molar-refractivity contribution in [3.05, 3.63) is 88.8 Å². The van der Waals surface area contributed by atoms with Gasteiger partial charge in [-0.15, -0.1) is 5.12 Å². The van der Waals surface area contributed by atoms with Crippen molar-refractivity contribution >= 4 is 34.0 Å². The highest BCUT2D eigenvalue weighted by atomic mass is 35.5. The van der Waals surface area contributed by atoms with E-state index in [2.05, 4.69) is 81.2 Å². The minimum atomic E-state index is 0.152. The second-order valence-electron chi connectivity index (χ2n) is 8.63. The number of para-hydroxylation sites is 1. The van der Waals surface area contributed by atoms with E-state index in [1.54, 1.807) is 6.33 Å². The van der Waals surface area contributed by atoms with Crippen molar-refractivity contribution in [3.8, 4) is 11.1 Å². The van der Waals surface area contributed by atoms with Gasteiger partial charge in [0.25, 0.3) is 0 Å². The molecule has 2 aliphatic rings. The van der Waals surface area contributed by atoms with E-state index in [4.69, 9.17) is 11.6 Å². The molecule has 3 heterocycles. The summed E-state index contributed by atoms with van der Waals surface area (Å²) in [6.07, 6.45) is 2.71. The van der Waals surface area contributed by atoms with Crippen molar-refractivity contribution in [2.24, 2.45) is 0 Å². The van der Waals surface area contributed by atoms with Gasteiger partial charge in [-0.3, -0.25) is 5.01 Å². The average Bonchev–Trinajstić information content (AvgIpc) is 3.36. The lowest BCUT2D eigenvalue weighted by molar-refractivity contribution is 0.0447. The molecule has 33 heavy (non-hydrogen) atoms. The van der Waals surface area contributed by atoms with Gasteiger partial charge < -0.3 is 15.7 Å². The average molecular weight is 457 g/mol. The van der Waals surface area contributed by atoms with Crippen LogP contribution in [-0.4, -0.2) is 33.7 Å². The number of aromatic nitrogens is 2. The van der Waals surface area contributed by atoms with E-state index in [1.165, 1.54) is 22.4 Å². The number of nitrogens with zero attached hydrogens (tertiary/aromatic N) is 3. The van der Waals surface area contributed by atoms with Crippen molar-refractivity contribution in [1.82, 2.24) is 25.5 Å². The van der Waals surface area contributed by atoms with E-state index >= 15 is 0 Å². The van der Waals surface area contributed by atoms with Crippen LogP contribution in [0.25, 0.3) is 27.9 Å². The lowest BCUT2D eigenvalue weighted by atomic mass is 9.92. The molecule has 3 aromatic carbocycles. The Morgan fingerprint density at radius 2 is 1.91 bits per heavy atom. The normalized spacial score (nSPS) is 18.2. The van der Waals surface area contributed by atoms with Crippen LogP contribution in [0.1, 0.15) is 30.5 Å². The summed E-state index contributed by atoms with van der Waals surface area (Å²) in [4.78, 5) is 7.80. The number of imidazole rings is 1. The quantitative estimate of drug-likeness (QED) is 0.364. The molecule has 0 saturated carbocycles. The van der Waals surface area contributed by atoms with Gasteiger partial charge in [0.1, 0.15) is 0 Å². The van der Waals surface area contributed by atoms with Crippen molar-refractivity contribution in [1.29, 1.82) is 0 Å². The first-order chi connectivity index (χ1) is 16.1. The van der Waals surface area contributed by atoms with Gasteiger partial charge in [0, 0.05) is 35.4 Å². The van der Waals surface area contributed by atoms with Gasteiger partial charge in [-0.1, -0.05) is 35.9 Å². The van der Waals surface area contributed by atoms with Crippen LogP contribution in [0.4, 0.5) is 5.69 Å². The van der Waals surface area contributed by atoms with Crippen molar-refractivity contribution in [2.75, 3.05) is 18.9 Å². The van der Waals surface area contributed by atoms with Crippen LogP contribution in [0.3, 0.4) is 0 Å². The number of aromatic amines is 1. The molecule has 6 rings (SSSR count). The Bertz CT molecular complexity index is 1370. The largest absolute Gasteiger partial charge is 0.378 e. The summed E-state index contributed by atoms with van der Waals surface area (Å²) in [5, 5.41) is 8.91. The fourth-order valence-electron chi connectivity index (χ4n) is 5.04. The highest BCUT2D eigenvalue weighted by Crippen LogP contribution is 2.41. The Kier molecular flexibility index (Phi) is 4.78. The number of nitrogens with one attached hydrogen (secondary N) is 3. The fraction of sp³-hybridized carbons (Fsp3) is 0.192. The molecule has 1 atom stereocenters. The molecule has 0 amide bonds. The van der Waals surface area contributed by atoms with E-state index in [0.29, 0.717) is 0 Å². The number of anilines is 1. The molecule has 1 aromatic heterocycles. The molecular formula is C26H25ClN6. The molecule has 3 N–H and O–H groups in total. The first-order valence-corrected chi connectivity index (χ1v) is 11.5. The topological polar surface area (TPSA) is 59.2 Å². The predicted octanol–water partition coefficient (Wildman–Crippen LogP) is 5.80. The standard InChI is InChI=1S/C26H25ClN6/c1-16-26-21-11-6-17(20-4-3-5-24-25(20)29-15-28-24)14-22(21)23(12-13-33(26)32(2)31-16)30-19-9-7-18(27)8-10-19/h3-11,14-15,23,30-31H,12-13H2,1-2H3,(H,28,29). The molecule has 0 fully saturated rings. The third-order valence-corrected chi connectivity index (χ3v) is 6.81. The van der Waals surface area contributed by atoms with Crippen LogP contribution < -0.4 is 10.7 Å². The molecule has 0 spiro atoms. The van der Waals surface area contributed by atoms with E-state index in [1.807, 2.05) is 24.3 Å². The minimum absolute atomic E-state index is 0.152. The van der Waals surface area contributed by atoms with Crippen LogP contribution in [0.2, 0.25) is 5.02 Å². The maximum Gasteiger partial charge on any atom is 0.0960 e. The Morgan fingerprint density at radius 1 is 1.06 bits per heavy atom. The summed E-state index contributed by atoms with van der Waals surface area (Å²) in [5.41, 5.74) is 13.8. The zero-order valence-electron chi connectivity index (χ0n) is 18.6. The Hall–Kier alpha value is -3.48. The number of allylic oxidation sites excluding steroid dienone is 1. The van der Waals surface area contributed by atoms with Crippen molar-refractivity contribution in [3.63, 3.8) is 0 Å². The molecule has 0 radical (unpaired) electrons. The number of hydrazine groups is 2. The first-order valence-electron chi connectivity index (χ1n) is 11.2. The Morgan fingerprint density at radius 3 is 2.76 bits per heavy atom. The number of benzene rings is 3. The molecule has 6 nitrogen and oxygen atoms in total. The van der Waals surface area contributed by atoms with Crippen molar-refractivity contribution in [2.45, 2.75) is 19.4 Å². The van der Waals surface area contributed by atoms with Gasteiger partial charge in [-0.25, -0.2) is 4.98 Å². The van der Waals surface area contributed by atoms with E-state index < -0.39 is 0 Å². The molecule has 0 saturated heterocycles. The first kappa shape index (κ1) is 20.1. The molecule has 166 valence electrons. The number of H-pyrrole nitrogens is 1. The van der Waals surface area contributed by atoms with Crippen LogP contribution in [-0.2, 0) is 0 Å². The lowest BCUT2D eigenvalue weighted by Crippen LogP contribution is -2.40. The number of fused-ring (bicyclic) bond motifs is 4. The number of halogens is 1. The number of rotatable bonds is 3. The van der Waals surface area contributed by atoms with E-state index in [0.717, 1.165) is 46.0 Å². The Labute approximate surface area is 197 Å². The molecule has 0 aliphatic carbocycles. The molecular weight excluding hydrogens is 432 g/mol. The third-order valence-electron chi connectivity index (χ3n) is 6.56. The highest BCUT2D eigenvalue weighted by Gasteiger charge is 2.33. The van der Waals surface area contributed by atoms with Gasteiger partial charge >= 0.3 is 0 Å². The zero-order valence-corrected chi connectivity index (χ0v) is 19.3. The monoisotopic (exact) mass is 456 g/mol. The second kappa shape index (κ2) is 7.83. The predicted molar refractivity (Wildman–Crippen MR) is 134 cm³/mol. The van der Waals surface area contributed by atoms with Gasteiger partial charge in [-0.05, 0) is 60.9 Å². The van der Waals surface area contributed by atoms with Crippen LogP contribution in [0.5, 0.6) is 0 Å². The van der Waals surface area contributed by atoms with Gasteiger partial charge in [0.05, 0.1) is 34.8 Å². The smallest absolute Gasteiger partial charge is 0.0960 e. The summed E-state index contributed by atoms with van der Waals surface area (Å²) in [6, 6.07) is 21.2. The highest BCUT2D eigenvalue weighted by molar-refractivity contribution is 6.30. The summed E-state index contributed by atoms with van der Waals surface area (Å²) in [5.74, 6) is 0. The molecule has 4 aromatic rings. The summed E-state index contributed by atoms with van der Waals surface area (Å²) >= 11 is 6.12. The van der Waals surface area contributed by atoms with Gasteiger partial charge in [-0.2, -0.15) is 0 Å². The zero-order chi connectivity index (χ0) is 22.5. The SMILES string of the molecule is CC1=C2c3ccc(-c4cccc5[nH]cnc45)cc3C(Nc3ccc(Cl)cc3)CCN2N(C)N1. The second-order valence-corrected chi connectivity index (χ2v) is 9.07. The summed E-state index contributed by atoms with van der Waals surface area (Å²) < 4.78 is 0. The molecule has 1 unspecified atom stereocenters. The molecule has 0 bridgehead atoms. The Balaban J connectivity index is 1.50.